The van der Waals surface area contributed by atoms with E-state index >= 15 is 0 Å². The Hall–Kier alpha value is -1.06. The SMILES string of the molecule is CC(C)CCN1CCC(C#N)(C#N)CC1. The average Bonchev–Trinajstić information content (AvgIpc) is 2.27. The number of piperidine rings is 1. The van der Waals surface area contributed by atoms with Gasteiger partial charge < -0.3 is 4.90 Å². The van der Waals surface area contributed by atoms with Crippen LogP contribution in [0.1, 0.15) is 33.1 Å². The van der Waals surface area contributed by atoms with Gasteiger partial charge in [0.25, 0.3) is 0 Å². The van der Waals surface area contributed by atoms with Crippen LogP contribution in [0, 0.1) is 34.0 Å². The lowest BCUT2D eigenvalue weighted by molar-refractivity contribution is 0.169. The summed E-state index contributed by atoms with van der Waals surface area (Å²) in [6.45, 7) is 7.34. The summed E-state index contributed by atoms with van der Waals surface area (Å²) in [6, 6.07) is 4.33. The van der Waals surface area contributed by atoms with Crippen LogP contribution >= 0.6 is 0 Å². The van der Waals surface area contributed by atoms with Crippen LogP contribution in [0.15, 0.2) is 0 Å². The molecule has 0 radical (unpaired) electrons. The quantitative estimate of drug-likeness (QED) is 0.709. The monoisotopic (exact) mass is 205 g/mol. The molecule has 0 atom stereocenters. The Kier molecular flexibility index (Phi) is 4.12. The third kappa shape index (κ3) is 3.22. The first-order valence-corrected chi connectivity index (χ1v) is 5.67. The molecule has 0 aliphatic carbocycles. The Labute approximate surface area is 92.3 Å². The normalized spacial score (nSPS) is 20.9. The van der Waals surface area contributed by atoms with Crippen LogP contribution in [-0.2, 0) is 0 Å². The van der Waals surface area contributed by atoms with E-state index in [0.717, 1.165) is 25.6 Å². The molecule has 0 spiro atoms. The van der Waals surface area contributed by atoms with Crippen molar-refractivity contribution in [3.8, 4) is 12.1 Å². The van der Waals surface area contributed by atoms with E-state index in [2.05, 4.69) is 30.9 Å². The molecule has 1 aliphatic heterocycles. The molecule has 0 aromatic rings. The second-order valence-corrected chi connectivity index (χ2v) is 4.83. The van der Waals surface area contributed by atoms with Crippen molar-refractivity contribution in [3.05, 3.63) is 0 Å². The standard InChI is InChI=1S/C12H19N3/c1-11(2)3-6-15-7-4-12(9-13,10-14)5-8-15/h11H,3-8H2,1-2H3. The Morgan fingerprint density at radius 1 is 1.20 bits per heavy atom. The first-order valence-electron chi connectivity index (χ1n) is 5.67. The summed E-state index contributed by atoms with van der Waals surface area (Å²) in [5.41, 5.74) is -0.700. The molecule has 15 heavy (non-hydrogen) atoms. The molecule has 0 N–H and O–H groups in total. The zero-order valence-electron chi connectivity index (χ0n) is 9.66. The predicted octanol–water partition coefficient (Wildman–Crippen LogP) is 2.16. The van der Waals surface area contributed by atoms with Gasteiger partial charge in [0.15, 0.2) is 0 Å². The molecule has 0 amide bonds. The van der Waals surface area contributed by atoms with Crippen molar-refractivity contribution in [2.45, 2.75) is 33.1 Å². The van der Waals surface area contributed by atoms with Gasteiger partial charge in [-0.3, -0.25) is 0 Å². The van der Waals surface area contributed by atoms with Crippen molar-refractivity contribution in [2.75, 3.05) is 19.6 Å². The van der Waals surface area contributed by atoms with Crippen molar-refractivity contribution < 1.29 is 0 Å². The minimum Gasteiger partial charge on any atom is -0.303 e. The summed E-state index contributed by atoms with van der Waals surface area (Å²) in [5, 5.41) is 17.9. The first kappa shape index (κ1) is 12.0. The van der Waals surface area contributed by atoms with Crippen LogP contribution in [0.3, 0.4) is 0 Å². The smallest absolute Gasteiger partial charge is 0.146 e. The van der Waals surface area contributed by atoms with Gasteiger partial charge in [0.1, 0.15) is 5.41 Å². The zero-order valence-corrected chi connectivity index (χ0v) is 9.66. The third-order valence-corrected chi connectivity index (χ3v) is 3.16. The fraction of sp³-hybridized carbons (Fsp3) is 0.833. The van der Waals surface area contributed by atoms with E-state index in [4.69, 9.17) is 10.5 Å². The van der Waals surface area contributed by atoms with E-state index in [-0.39, 0.29) is 0 Å². The molecule has 0 saturated carbocycles. The van der Waals surface area contributed by atoms with Crippen molar-refractivity contribution in [1.82, 2.24) is 4.90 Å². The Balaban J connectivity index is 2.37. The largest absolute Gasteiger partial charge is 0.303 e. The van der Waals surface area contributed by atoms with Gasteiger partial charge in [-0.05, 0) is 31.7 Å². The highest BCUT2D eigenvalue weighted by Crippen LogP contribution is 2.29. The third-order valence-electron chi connectivity index (χ3n) is 3.16. The summed E-state index contributed by atoms with van der Waals surface area (Å²) >= 11 is 0. The van der Waals surface area contributed by atoms with Gasteiger partial charge in [-0.15, -0.1) is 0 Å². The van der Waals surface area contributed by atoms with Gasteiger partial charge in [-0.2, -0.15) is 10.5 Å². The number of nitriles is 2. The average molecular weight is 205 g/mol. The maximum Gasteiger partial charge on any atom is 0.146 e. The van der Waals surface area contributed by atoms with Crippen LogP contribution in [0.4, 0.5) is 0 Å². The van der Waals surface area contributed by atoms with Gasteiger partial charge in [0.05, 0.1) is 12.1 Å². The number of rotatable bonds is 3. The molecular weight excluding hydrogens is 186 g/mol. The van der Waals surface area contributed by atoms with Gasteiger partial charge in [-0.25, -0.2) is 0 Å². The van der Waals surface area contributed by atoms with Crippen LogP contribution in [0.25, 0.3) is 0 Å². The van der Waals surface area contributed by atoms with Crippen LogP contribution in [0.2, 0.25) is 0 Å². The molecule has 1 rings (SSSR count). The molecule has 0 aromatic carbocycles. The van der Waals surface area contributed by atoms with Crippen molar-refractivity contribution in [1.29, 1.82) is 10.5 Å². The summed E-state index contributed by atoms with van der Waals surface area (Å²) in [5.74, 6) is 0.726. The Morgan fingerprint density at radius 2 is 1.73 bits per heavy atom. The van der Waals surface area contributed by atoms with Gasteiger partial charge in [-0.1, -0.05) is 13.8 Å². The molecule has 82 valence electrons. The molecule has 0 unspecified atom stereocenters. The van der Waals surface area contributed by atoms with E-state index in [1.807, 2.05) is 0 Å². The van der Waals surface area contributed by atoms with Crippen LogP contribution in [0.5, 0.6) is 0 Å². The minimum atomic E-state index is -0.700. The fourth-order valence-electron chi connectivity index (χ4n) is 1.85. The summed E-state index contributed by atoms with van der Waals surface area (Å²) in [4.78, 5) is 2.37. The van der Waals surface area contributed by atoms with E-state index in [9.17, 15) is 0 Å². The summed E-state index contributed by atoms with van der Waals surface area (Å²) in [6.07, 6.45) is 2.61. The second kappa shape index (κ2) is 5.14. The number of hydrogen-bond acceptors (Lipinski definition) is 3. The molecule has 1 heterocycles. The second-order valence-electron chi connectivity index (χ2n) is 4.83. The van der Waals surface area contributed by atoms with E-state index in [1.165, 1.54) is 6.42 Å². The lowest BCUT2D eigenvalue weighted by Crippen LogP contribution is -2.39. The van der Waals surface area contributed by atoms with Gasteiger partial charge in [0, 0.05) is 13.1 Å². The van der Waals surface area contributed by atoms with Gasteiger partial charge in [0.2, 0.25) is 0 Å². The van der Waals surface area contributed by atoms with Crippen molar-refractivity contribution in [2.24, 2.45) is 11.3 Å². The highest BCUT2D eigenvalue weighted by molar-refractivity contribution is 5.15. The lowest BCUT2D eigenvalue weighted by atomic mass is 9.81. The number of hydrogen-bond donors (Lipinski definition) is 0. The summed E-state index contributed by atoms with van der Waals surface area (Å²) < 4.78 is 0. The van der Waals surface area contributed by atoms with Crippen molar-refractivity contribution >= 4 is 0 Å². The van der Waals surface area contributed by atoms with E-state index in [1.54, 1.807) is 0 Å². The molecule has 3 nitrogen and oxygen atoms in total. The molecule has 3 heteroatoms. The number of likely N-dealkylation sites (tertiary alicyclic amines) is 1. The maximum atomic E-state index is 8.95. The van der Waals surface area contributed by atoms with Crippen molar-refractivity contribution in [3.63, 3.8) is 0 Å². The Morgan fingerprint density at radius 3 is 2.13 bits per heavy atom. The van der Waals surface area contributed by atoms with Crippen LogP contribution < -0.4 is 0 Å². The number of nitrogens with zero attached hydrogens (tertiary/aromatic N) is 3. The lowest BCUT2D eigenvalue weighted by Gasteiger charge is -2.33. The molecule has 1 saturated heterocycles. The van der Waals surface area contributed by atoms with E-state index in [0.29, 0.717) is 12.8 Å². The molecule has 0 bridgehead atoms. The molecular formula is C12H19N3. The predicted molar refractivity (Wildman–Crippen MR) is 58.8 cm³/mol. The molecule has 1 fully saturated rings. The highest BCUT2D eigenvalue weighted by atomic mass is 15.1. The van der Waals surface area contributed by atoms with Gasteiger partial charge >= 0.3 is 0 Å². The minimum absolute atomic E-state index is 0.700. The molecule has 1 aliphatic rings. The fourth-order valence-corrected chi connectivity index (χ4v) is 1.85. The summed E-state index contributed by atoms with van der Waals surface area (Å²) in [7, 11) is 0. The van der Waals surface area contributed by atoms with Crippen LogP contribution in [-0.4, -0.2) is 24.5 Å². The molecule has 0 aromatic heterocycles. The maximum absolute atomic E-state index is 8.95. The Bertz CT molecular complexity index is 258. The zero-order chi connectivity index (χ0) is 11.3. The highest BCUT2D eigenvalue weighted by Gasteiger charge is 2.34. The first-order chi connectivity index (χ1) is 7.12. The topological polar surface area (TPSA) is 50.8 Å². The van der Waals surface area contributed by atoms with E-state index < -0.39 is 5.41 Å².